The molecule has 99 heavy (non-hydrogen) atoms. The maximum absolute atomic E-state index is 2.69. The van der Waals surface area contributed by atoms with Gasteiger partial charge >= 0.3 is 0 Å². The number of benzene rings is 15. The van der Waals surface area contributed by atoms with Crippen molar-refractivity contribution in [1.82, 2.24) is 0 Å². The maximum atomic E-state index is 2.69. The van der Waals surface area contributed by atoms with E-state index in [1.165, 1.54) is 218 Å². The molecule has 0 aliphatic carbocycles. The minimum atomic E-state index is -0.112. The van der Waals surface area contributed by atoms with Crippen LogP contribution in [0.2, 0.25) is 0 Å². The molecule has 0 N–H and O–H groups in total. The Morgan fingerprint density at radius 1 is 0.212 bits per heavy atom. The Balaban J connectivity index is 1.08. The standard InChI is InChI=1S/C99H98/c1-52(2)62-26-25-29-81(99(21,22)23)86(62)66-31-30-65-68-33-35-70-76-51-80-79(50-75(76)69-34-32-67(87(68)88(69)70)64-28-24-27-63(66)85(64)65)83(54-42-56(93(3,4)5)46-57(43-54)94(6,7)8)91-73-38-36-71-77-48-60(97(15,16)17)40-53-41-61(98(18,19)20)49-78(82(53)77)72-37-39-74(90(73)89(71)72)92(91)84(80)55-44-58(95(9,10)11)47-59(45-55)96(12,13)14/h24-52H,1-23H3. The van der Waals surface area contributed by atoms with Crippen molar-refractivity contribution >= 4 is 140 Å². The first kappa shape index (κ1) is 63.6. The molecule has 0 bridgehead atoms. The zero-order chi connectivity index (χ0) is 70.0. The Labute approximate surface area is 587 Å². The molecule has 17 rings (SSSR count). The topological polar surface area (TPSA) is 0 Å². The van der Waals surface area contributed by atoms with Gasteiger partial charge in [-0.25, -0.2) is 0 Å². The van der Waals surface area contributed by atoms with Crippen molar-refractivity contribution in [2.75, 3.05) is 0 Å². The molecule has 0 aliphatic heterocycles. The Morgan fingerprint density at radius 3 is 0.929 bits per heavy atom. The first-order chi connectivity index (χ1) is 46.4. The molecular weight excluding hydrogens is 1190 g/mol. The fourth-order valence-corrected chi connectivity index (χ4v) is 18.0. The Kier molecular flexibility index (Phi) is 13.1. The van der Waals surface area contributed by atoms with Gasteiger partial charge in [-0.2, -0.15) is 0 Å². The van der Waals surface area contributed by atoms with Crippen LogP contribution in [0.3, 0.4) is 0 Å². The Morgan fingerprint density at radius 2 is 0.535 bits per heavy atom. The van der Waals surface area contributed by atoms with Crippen molar-refractivity contribution in [2.24, 2.45) is 0 Å². The Bertz CT molecular complexity index is 5930. The summed E-state index contributed by atoms with van der Waals surface area (Å²) < 4.78 is 0. The first-order valence-electron chi connectivity index (χ1n) is 36.9. The molecule has 0 atom stereocenters. The monoisotopic (exact) mass is 1290 g/mol. The van der Waals surface area contributed by atoms with E-state index in [4.69, 9.17) is 0 Å². The minimum absolute atomic E-state index is 0.0324. The van der Waals surface area contributed by atoms with Crippen LogP contribution >= 0.6 is 0 Å². The average Bonchev–Trinajstić information content (AvgIpc) is 1.60. The van der Waals surface area contributed by atoms with E-state index in [-0.39, 0.29) is 37.9 Å². The molecule has 0 radical (unpaired) electrons. The fourth-order valence-electron chi connectivity index (χ4n) is 18.0. The smallest absolute Gasteiger partial charge is 0.000740 e. The molecule has 0 nitrogen and oxygen atoms in total. The zero-order valence-corrected chi connectivity index (χ0v) is 63.2. The van der Waals surface area contributed by atoms with Crippen LogP contribution in [-0.4, -0.2) is 0 Å². The number of hydrogen-bond donors (Lipinski definition) is 0. The van der Waals surface area contributed by atoms with E-state index in [1.54, 1.807) is 0 Å². The van der Waals surface area contributed by atoms with E-state index < -0.39 is 0 Å². The molecule has 17 aromatic carbocycles. The molecule has 0 saturated carbocycles. The predicted molar refractivity (Wildman–Crippen MR) is 440 cm³/mol. The van der Waals surface area contributed by atoms with Crippen molar-refractivity contribution in [3.63, 3.8) is 0 Å². The van der Waals surface area contributed by atoms with Gasteiger partial charge < -0.3 is 0 Å². The average molecular weight is 1290 g/mol. The molecule has 494 valence electrons. The Hall–Kier alpha value is -8.84. The van der Waals surface area contributed by atoms with E-state index >= 15 is 0 Å². The van der Waals surface area contributed by atoms with E-state index in [2.05, 4.69) is 329 Å². The van der Waals surface area contributed by atoms with Crippen molar-refractivity contribution in [1.29, 1.82) is 0 Å². The van der Waals surface area contributed by atoms with Crippen LogP contribution in [0.5, 0.6) is 0 Å². The summed E-state index contributed by atoms with van der Waals surface area (Å²) >= 11 is 0. The van der Waals surface area contributed by atoms with Gasteiger partial charge in [-0.1, -0.05) is 305 Å². The van der Waals surface area contributed by atoms with Crippen LogP contribution < -0.4 is 0 Å². The van der Waals surface area contributed by atoms with Crippen LogP contribution in [0.4, 0.5) is 0 Å². The van der Waals surface area contributed by atoms with Crippen LogP contribution in [0.15, 0.2) is 170 Å². The maximum Gasteiger partial charge on any atom is -0.000740 e. The quantitative estimate of drug-likeness (QED) is 0.122. The third-order valence-electron chi connectivity index (χ3n) is 23.6. The van der Waals surface area contributed by atoms with Gasteiger partial charge in [0, 0.05) is 0 Å². The second-order valence-electron chi connectivity index (χ2n) is 37.9. The minimum Gasteiger partial charge on any atom is -0.0616 e. The highest BCUT2D eigenvalue weighted by Gasteiger charge is 2.33. The summed E-state index contributed by atoms with van der Waals surface area (Å²) in [6.07, 6.45) is 0. The fraction of sp³-hybridized carbons (Fsp3) is 0.313. The van der Waals surface area contributed by atoms with E-state index in [0.29, 0.717) is 5.92 Å². The predicted octanol–water partition coefficient (Wildman–Crippen LogP) is 29.6. The van der Waals surface area contributed by atoms with Crippen molar-refractivity contribution in [3.05, 3.63) is 214 Å². The van der Waals surface area contributed by atoms with Crippen molar-refractivity contribution < 1.29 is 0 Å². The number of fused-ring (bicyclic) bond motifs is 11. The summed E-state index contributed by atoms with van der Waals surface area (Å²) in [4.78, 5) is 0. The van der Waals surface area contributed by atoms with Crippen molar-refractivity contribution in [2.45, 2.75) is 203 Å². The van der Waals surface area contributed by atoms with E-state index in [1.807, 2.05) is 0 Å². The molecule has 0 amide bonds. The van der Waals surface area contributed by atoms with Gasteiger partial charge in [-0.15, -0.1) is 0 Å². The number of rotatable bonds is 4. The summed E-state index contributed by atoms with van der Waals surface area (Å²) in [6.45, 7) is 55.0. The molecule has 0 heterocycles. The van der Waals surface area contributed by atoms with E-state index in [0.717, 1.165) is 0 Å². The van der Waals surface area contributed by atoms with Crippen LogP contribution in [0.1, 0.15) is 210 Å². The molecule has 17 aromatic rings. The highest BCUT2D eigenvalue weighted by molar-refractivity contribution is 6.48. The van der Waals surface area contributed by atoms with Crippen LogP contribution in [-0.2, 0) is 37.9 Å². The van der Waals surface area contributed by atoms with Gasteiger partial charge in [0.05, 0.1) is 0 Å². The van der Waals surface area contributed by atoms with Gasteiger partial charge in [0.1, 0.15) is 0 Å². The van der Waals surface area contributed by atoms with Gasteiger partial charge in [-0.3, -0.25) is 0 Å². The van der Waals surface area contributed by atoms with Gasteiger partial charge in [-0.05, 0) is 286 Å². The molecule has 0 aromatic heterocycles. The zero-order valence-electron chi connectivity index (χ0n) is 63.2. The molecule has 0 aliphatic rings. The molecule has 0 spiro atoms. The highest BCUT2D eigenvalue weighted by atomic mass is 14.4. The third-order valence-corrected chi connectivity index (χ3v) is 23.6. The van der Waals surface area contributed by atoms with Gasteiger partial charge in [0.15, 0.2) is 0 Å². The largest absolute Gasteiger partial charge is 0.0616 e. The molecule has 0 saturated heterocycles. The van der Waals surface area contributed by atoms with Gasteiger partial charge in [0.2, 0.25) is 0 Å². The summed E-state index contributed by atoms with van der Waals surface area (Å²) in [7, 11) is 0. The summed E-state index contributed by atoms with van der Waals surface area (Å²) in [5.41, 5.74) is 18.4. The third kappa shape index (κ3) is 9.28. The van der Waals surface area contributed by atoms with E-state index in [9.17, 15) is 0 Å². The summed E-state index contributed by atoms with van der Waals surface area (Å²) in [6, 6.07) is 70.1. The highest BCUT2D eigenvalue weighted by Crippen LogP contribution is 2.58. The van der Waals surface area contributed by atoms with Gasteiger partial charge in [0.25, 0.3) is 0 Å². The molecule has 0 unspecified atom stereocenters. The van der Waals surface area contributed by atoms with Crippen LogP contribution in [0.25, 0.3) is 173 Å². The van der Waals surface area contributed by atoms with Crippen LogP contribution in [0, 0.1) is 0 Å². The SMILES string of the molecule is CC(C)c1cccc(C(C)(C)C)c1-c1ccc2c3ccc4c5cc6c(-c7cc(C(C)(C)C)cc(C(C)(C)C)c7)c7c8ccc9c%10cc(C(C)(C)C)cc%11cc(C(C)(C)C)cc(c%12ccc(c7c(-c7cc(C(C)(C)C)cc(C(C)(C)C)c7)c6cc5c5ccc(c6cccc1c62)c3c54)c8c%129)c%11%10. The molecule has 0 heteroatoms. The summed E-state index contributed by atoms with van der Waals surface area (Å²) in [5.74, 6) is 0.377. The molecular formula is C99H98. The second kappa shape index (κ2) is 20.4. The number of hydrogen-bond acceptors (Lipinski definition) is 0. The van der Waals surface area contributed by atoms with Crippen molar-refractivity contribution in [3.8, 4) is 33.4 Å². The molecule has 0 fully saturated rings. The second-order valence-corrected chi connectivity index (χ2v) is 37.9. The lowest BCUT2D eigenvalue weighted by Crippen LogP contribution is -2.16. The normalized spacial score (nSPS) is 13.9. The summed E-state index contributed by atoms with van der Waals surface area (Å²) in [5, 5.41) is 34.9. The first-order valence-corrected chi connectivity index (χ1v) is 36.9. The lowest BCUT2D eigenvalue weighted by molar-refractivity contribution is 0.568. The lowest BCUT2D eigenvalue weighted by atomic mass is 9.76. The lowest BCUT2D eigenvalue weighted by Gasteiger charge is -2.28.